The molecule has 0 aliphatic carbocycles. The minimum Gasteiger partial charge on any atom is -0.497 e. The fourth-order valence-corrected chi connectivity index (χ4v) is 3.14. The molecule has 26 heavy (non-hydrogen) atoms. The highest BCUT2D eigenvalue weighted by atomic mass is 16.5. The molecule has 0 aliphatic heterocycles. The molecule has 2 N–H and O–H groups in total. The highest BCUT2D eigenvalue weighted by Gasteiger charge is 2.14. The molecule has 3 aromatic carbocycles. The standard InChI is InChI=1S/C22H24N2O2/c1-3-24(15-18-9-6-8-17-7-4-5-10-21(17)18)16-22(25)23-19-11-13-20(26-2)14-12-19/h4-14H,3,15-16H2,1-2H3,(H,23,25)/p+1. The van der Waals surface area contributed by atoms with Gasteiger partial charge in [-0.25, -0.2) is 0 Å². The van der Waals surface area contributed by atoms with E-state index >= 15 is 0 Å². The summed E-state index contributed by atoms with van der Waals surface area (Å²) in [6, 6.07) is 22.2. The van der Waals surface area contributed by atoms with Crippen LogP contribution in [0.3, 0.4) is 0 Å². The normalized spacial score (nSPS) is 11.9. The Balaban J connectivity index is 1.65. The first-order valence-corrected chi connectivity index (χ1v) is 8.93. The number of quaternary nitrogens is 1. The van der Waals surface area contributed by atoms with Crippen molar-refractivity contribution in [3.05, 3.63) is 72.3 Å². The Hall–Kier alpha value is -2.85. The fraction of sp³-hybridized carbons (Fsp3) is 0.227. The maximum absolute atomic E-state index is 12.4. The van der Waals surface area contributed by atoms with Gasteiger partial charge in [0.05, 0.1) is 13.7 Å². The van der Waals surface area contributed by atoms with Gasteiger partial charge in [-0.3, -0.25) is 4.79 Å². The molecule has 0 bridgehead atoms. The van der Waals surface area contributed by atoms with Crippen molar-refractivity contribution in [2.75, 3.05) is 25.5 Å². The molecule has 0 aliphatic rings. The van der Waals surface area contributed by atoms with Crippen molar-refractivity contribution in [3.63, 3.8) is 0 Å². The van der Waals surface area contributed by atoms with E-state index in [1.807, 2.05) is 24.3 Å². The molecule has 0 heterocycles. The Bertz CT molecular complexity index is 869. The van der Waals surface area contributed by atoms with Gasteiger partial charge >= 0.3 is 0 Å². The summed E-state index contributed by atoms with van der Waals surface area (Å²) >= 11 is 0. The highest BCUT2D eigenvalue weighted by Crippen LogP contribution is 2.17. The van der Waals surface area contributed by atoms with Gasteiger partial charge in [-0.15, -0.1) is 0 Å². The number of amides is 1. The van der Waals surface area contributed by atoms with Crippen molar-refractivity contribution >= 4 is 22.4 Å². The van der Waals surface area contributed by atoms with Crippen molar-refractivity contribution in [1.82, 2.24) is 0 Å². The van der Waals surface area contributed by atoms with E-state index in [9.17, 15) is 4.79 Å². The van der Waals surface area contributed by atoms with Crippen LogP contribution in [0.5, 0.6) is 5.75 Å². The average Bonchev–Trinajstić information content (AvgIpc) is 2.68. The molecule has 3 aromatic rings. The zero-order valence-electron chi connectivity index (χ0n) is 15.3. The number of methoxy groups -OCH3 is 1. The smallest absolute Gasteiger partial charge is 0.279 e. The van der Waals surface area contributed by atoms with Crippen LogP contribution in [0, 0.1) is 0 Å². The van der Waals surface area contributed by atoms with E-state index < -0.39 is 0 Å². The number of benzene rings is 3. The third kappa shape index (κ3) is 4.41. The van der Waals surface area contributed by atoms with Crippen LogP contribution in [0.1, 0.15) is 12.5 Å². The van der Waals surface area contributed by atoms with Crippen molar-refractivity contribution in [1.29, 1.82) is 0 Å². The second kappa shape index (κ2) is 8.50. The van der Waals surface area contributed by atoms with Gasteiger partial charge in [0.25, 0.3) is 5.91 Å². The van der Waals surface area contributed by atoms with E-state index in [0.717, 1.165) is 24.5 Å². The Morgan fingerprint density at radius 3 is 2.46 bits per heavy atom. The molecule has 1 atom stereocenters. The number of nitrogens with one attached hydrogen (secondary N) is 2. The number of rotatable bonds is 7. The maximum atomic E-state index is 12.4. The number of hydrogen-bond acceptors (Lipinski definition) is 2. The molecule has 0 spiro atoms. The summed E-state index contributed by atoms with van der Waals surface area (Å²) in [7, 11) is 1.63. The van der Waals surface area contributed by atoms with Crippen LogP contribution in [-0.2, 0) is 11.3 Å². The molecular weight excluding hydrogens is 324 g/mol. The molecule has 0 saturated heterocycles. The van der Waals surface area contributed by atoms with E-state index in [2.05, 4.69) is 54.7 Å². The van der Waals surface area contributed by atoms with E-state index in [4.69, 9.17) is 4.74 Å². The molecule has 134 valence electrons. The molecule has 0 saturated carbocycles. The van der Waals surface area contributed by atoms with Gasteiger partial charge < -0.3 is 15.0 Å². The van der Waals surface area contributed by atoms with Crippen molar-refractivity contribution in [3.8, 4) is 5.75 Å². The van der Waals surface area contributed by atoms with Crippen LogP contribution < -0.4 is 15.0 Å². The van der Waals surface area contributed by atoms with E-state index in [-0.39, 0.29) is 5.91 Å². The second-order valence-corrected chi connectivity index (χ2v) is 6.37. The van der Waals surface area contributed by atoms with Gasteiger partial charge in [-0.05, 0) is 42.0 Å². The van der Waals surface area contributed by atoms with Crippen LogP contribution in [0.2, 0.25) is 0 Å². The van der Waals surface area contributed by atoms with Crippen molar-refractivity contribution < 1.29 is 14.4 Å². The van der Waals surface area contributed by atoms with Gasteiger partial charge in [-0.1, -0.05) is 42.5 Å². The van der Waals surface area contributed by atoms with Crippen LogP contribution in [0.25, 0.3) is 10.8 Å². The number of carbonyl (C=O) groups is 1. The second-order valence-electron chi connectivity index (χ2n) is 6.37. The summed E-state index contributed by atoms with van der Waals surface area (Å²) in [4.78, 5) is 13.7. The molecule has 0 aromatic heterocycles. The molecule has 0 fully saturated rings. The Morgan fingerprint density at radius 1 is 1.00 bits per heavy atom. The van der Waals surface area contributed by atoms with E-state index in [0.29, 0.717) is 6.54 Å². The number of ether oxygens (including phenoxy) is 1. The SMILES string of the molecule is CC[NH+](CC(=O)Nc1ccc(OC)cc1)Cc1cccc2ccccc12. The average molecular weight is 349 g/mol. The quantitative estimate of drug-likeness (QED) is 0.689. The number of anilines is 1. The van der Waals surface area contributed by atoms with Gasteiger partial charge in [0.1, 0.15) is 12.3 Å². The lowest BCUT2D eigenvalue weighted by atomic mass is 10.0. The predicted molar refractivity (Wildman–Crippen MR) is 106 cm³/mol. The first kappa shape index (κ1) is 18.0. The summed E-state index contributed by atoms with van der Waals surface area (Å²) in [5, 5.41) is 5.47. The number of carbonyl (C=O) groups excluding carboxylic acids is 1. The zero-order chi connectivity index (χ0) is 18.4. The van der Waals surface area contributed by atoms with Crippen LogP contribution >= 0.6 is 0 Å². The van der Waals surface area contributed by atoms with E-state index in [1.165, 1.54) is 21.2 Å². The lowest BCUT2D eigenvalue weighted by molar-refractivity contribution is -0.903. The third-order valence-corrected chi connectivity index (χ3v) is 4.60. The van der Waals surface area contributed by atoms with Gasteiger partial charge in [0, 0.05) is 11.3 Å². The molecule has 1 amide bonds. The minimum absolute atomic E-state index is 0.0206. The summed E-state index contributed by atoms with van der Waals surface area (Å²) < 4.78 is 5.14. The van der Waals surface area contributed by atoms with E-state index in [1.54, 1.807) is 7.11 Å². The molecular formula is C22H25N2O2+. The number of likely N-dealkylation sites (N-methyl/N-ethyl adjacent to an activating group) is 1. The Kier molecular flexibility index (Phi) is 5.87. The molecule has 4 nitrogen and oxygen atoms in total. The topological polar surface area (TPSA) is 42.8 Å². The largest absolute Gasteiger partial charge is 0.497 e. The lowest BCUT2D eigenvalue weighted by Gasteiger charge is -2.18. The molecule has 3 rings (SSSR count). The van der Waals surface area contributed by atoms with Crippen LogP contribution in [-0.4, -0.2) is 26.1 Å². The monoisotopic (exact) mass is 349 g/mol. The fourth-order valence-electron chi connectivity index (χ4n) is 3.14. The first-order chi connectivity index (χ1) is 12.7. The number of hydrogen-bond donors (Lipinski definition) is 2. The van der Waals surface area contributed by atoms with Gasteiger partial charge in [0.2, 0.25) is 0 Å². The summed E-state index contributed by atoms with van der Waals surface area (Å²) in [6.07, 6.45) is 0. The van der Waals surface area contributed by atoms with Crippen molar-refractivity contribution in [2.45, 2.75) is 13.5 Å². The van der Waals surface area contributed by atoms with Crippen molar-refractivity contribution in [2.24, 2.45) is 0 Å². The Morgan fingerprint density at radius 2 is 1.73 bits per heavy atom. The summed E-state index contributed by atoms with van der Waals surface area (Å²) in [5.74, 6) is 0.798. The molecule has 4 heteroatoms. The van der Waals surface area contributed by atoms with Crippen LogP contribution in [0.15, 0.2) is 66.7 Å². The third-order valence-electron chi connectivity index (χ3n) is 4.60. The zero-order valence-corrected chi connectivity index (χ0v) is 15.3. The predicted octanol–water partition coefficient (Wildman–Crippen LogP) is 2.89. The lowest BCUT2D eigenvalue weighted by Crippen LogP contribution is -3.11. The molecule has 0 radical (unpaired) electrons. The summed E-state index contributed by atoms with van der Waals surface area (Å²) in [6.45, 7) is 4.26. The minimum atomic E-state index is 0.0206. The first-order valence-electron chi connectivity index (χ1n) is 8.93. The maximum Gasteiger partial charge on any atom is 0.279 e. The molecule has 1 unspecified atom stereocenters. The van der Waals surface area contributed by atoms with Crippen LogP contribution in [0.4, 0.5) is 5.69 Å². The van der Waals surface area contributed by atoms with Gasteiger partial charge in [0.15, 0.2) is 6.54 Å². The number of fused-ring (bicyclic) bond motifs is 1. The summed E-state index contributed by atoms with van der Waals surface area (Å²) in [5.41, 5.74) is 2.06. The highest BCUT2D eigenvalue weighted by molar-refractivity contribution is 5.91. The van der Waals surface area contributed by atoms with Gasteiger partial charge in [-0.2, -0.15) is 0 Å². The Labute approximate surface area is 154 Å².